The molecule has 142 valence electrons. The van der Waals surface area contributed by atoms with Gasteiger partial charge in [0.15, 0.2) is 0 Å². The molecule has 4 rings (SSSR count). The van der Waals surface area contributed by atoms with Gasteiger partial charge >= 0.3 is 0 Å². The molecule has 1 aromatic carbocycles. The third kappa shape index (κ3) is 3.64. The number of likely N-dealkylation sites (N-methyl/N-ethyl adjacent to an activating group) is 1. The molecule has 2 N–H and O–H groups in total. The fraction of sp³-hybridized carbons (Fsp3) is 0.429. The van der Waals surface area contributed by atoms with Crippen LogP contribution in [0.4, 0.5) is 5.00 Å². The quantitative estimate of drug-likeness (QED) is 0.847. The van der Waals surface area contributed by atoms with Crippen LogP contribution >= 0.6 is 11.3 Å². The van der Waals surface area contributed by atoms with E-state index in [9.17, 15) is 9.59 Å². The number of anilines is 1. The van der Waals surface area contributed by atoms with Crippen LogP contribution in [0, 0.1) is 6.92 Å². The van der Waals surface area contributed by atoms with Gasteiger partial charge in [-0.2, -0.15) is 0 Å². The number of rotatable bonds is 3. The minimum absolute atomic E-state index is 0.0847. The summed E-state index contributed by atoms with van der Waals surface area (Å²) in [5, 5.41) is 3.76. The van der Waals surface area contributed by atoms with Crippen LogP contribution in [0.25, 0.3) is 0 Å². The number of quaternary nitrogens is 1. The third-order valence-electron chi connectivity index (χ3n) is 5.55. The number of aryl methyl sites for hydroxylation is 2. The minimum atomic E-state index is -0.143. The zero-order valence-electron chi connectivity index (χ0n) is 15.9. The number of nitrogens with zero attached hydrogens (tertiary/aromatic N) is 1. The topological polar surface area (TPSA) is 53.9 Å². The van der Waals surface area contributed by atoms with Crippen molar-refractivity contribution >= 4 is 28.2 Å². The number of amides is 2. The van der Waals surface area contributed by atoms with Crippen molar-refractivity contribution in [2.75, 3.05) is 38.5 Å². The van der Waals surface area contributed by atoms with Gasteiger partial charge in [-0.1, -0.05) is 17.7 Å². The summed E-state index contributed by atoms with van der Waals surface area (Å²) >= 11 is 1.58. The Balaban J connectivity index is 1.62. The molecule has 1 saturated heterocycles. The van der Waals surface area contributed by atoms with E-state index >= 15 is 0 Å². The fourth-order valence-electron chi connectivity index (χ4n) is 3.93. The first-order valence-electron chi connectivity index (χ1n) is 9.66. The highest BCUT2D eigenvalue weighted by molar-refractivity contribution is 7.17. The van der Waals surface area contributed by atoms with Crippen molar-refractivity contribution in [2.45, 2.75) is 26.2 Å². The Bertz CT molecular complexity index is 882. The van der Waals surface area contributed by atoms with Gasteiger partial charge in [-0.3, -0.25) is 9.59 Å². The van der Waals surface area contributed by atoms with Crippen molar-refractivity contribution < 1.29 is 14.5 Å². The molecule has 1 fully saturated rings. The summed E-state index contributed by atoms with van der Waals surface area (Å²) in [5.74, 6) is -0.0584. The molecule has 2 amide bonds. The normalized spacial score (nSPS) is 17.0. The second-order valence-corrected chi connectivity index (χ2v) is 8.74. The van der Waals surface area contributed by atoms with E-state index in [1.54, 1.807) is 11.3 Å². The Morgan fingerprint density at radius 1 is 1.19 bits per heavy atom. The Hall–Kier alpha value is -2.18. The molecule has 1 aliphatic carbocycles. The Morgan fingerprint density at radius 2 is 1.96 bits per heavy atom. The lowest BCUT2D eigenvalue weighted by atomic mass is 10.1. The first kappa shape index (κ1) is 18.2. The molecule has 5 nitrogen and oxygen atoms in total. The summed E-state index contributed by atoms with van der Waals surface area (Å²) in [4.78, 5) is 30.7. The maximum Gasteiger partial charge on any atom is 0.257 e. The van der Waals surface area contributed by atoms with E-state index in [1.807, 2.05) is 36.1 Å². The molecule has 0 atom stereocenters. The number of piperazine rings is 1. The molecule has 0 radical (unpaired) electrons. The number of hydrogen-bond donors (Lipinski definition) is 2. The first-order valence-corrected chi connectivity index (χ1v) is 10.5. The Morgan fingerprint density at radius 3 is 2.70 bits per heavy atom. The van der Waals surface area contributed by atoms with E-state index < -0.39 is 0 Å². The smallest absolute Gasteiger partial charge is 0.257 e. The molecule has 6 heteroatoms. The molecule has 2 heterocycles. The number of carbonyl (C=O) groups is 2. The van der Waals surface area contributed by atoms with Crippen molar-refractivity contribution in [1.29, 1.82) is 0 Å². The zero-order valence-corrected chi connectivity index (χ0v) is 16.7. The summed E-state index contributed by atoms with van der Waals surface area (Å²) in [7, 11) is 2.16. The summed E-state index contributed by atoms with van der Waals surface area (Å²) in [6.07, 6.45) is 3.04. The van der Waals surface area contributed by atoms with Crippen LogP contribution in [0.2, 0.25) is 0 Å². The number of thiophene rings is 1. The number of nitrogens with one attached hydrogen (secondary N) is 2. The number of fused-ring (bicyclic) bond motifs is 1. The second-order valence-electron chi connectivity index (χ2n) is 7.63. The van der Waals surface area contributed by atoms with Crippen molar-refractivity contribution in [3.05, 3.63) is 51.4 Å². The lowest BCUT2D eigenvalue weighted by molar-refractivity contribution is -0.883. The highest BCUT2D eigenvalue weighted by Gasteiger charge is 2.32. The largest absolute Gasteiger partial charge is 0.334 e. The average Bonchev–Trinajstić information content (AvgIpc) is 3.22. The van der Waals surface area contributed by atoms with Crippen molar-refractivity contribution in [3.63, 3.8) is 0 Å². The van der Waals surface area contributed by atoms with Gasteiger partial charge in [-0.15, -0.1) is 11.3 Å². The molecule has 0 unspecified atom stereocenters. The highest BCUT2D eigenvalue weighted by atomic mass is 32.1. The van der Waals surface area contributed by atoms with Gasteiger partial charge in [0.2, 0.25) is 0 Å². The molecule has 2 aromatic rings. The highest BCUT2D eigenvalue weighted by Crippen LogP contribution is 2.40. The molecular weight excluding hydrogens is 358 g/mol. The number of carbonyl (C=O) groups excluding carboxylic acids is 2. The van der Waals surface area contributed by atoms with Gasteiger partial charge in [-0.25, -0.2) is 0 Å². The third-order valence-corrected chi connectivity index (χ3v) is 6.75. The molecule has 0 spiro atoms. The maximum atomic E-state index is 13.3. The van der Waals surface area contributed by atoms with E-state index in [-0.39, 0.29) is 11.8 Å². The van der Waals surface area contributed by atoms with Crippen LogP contribution < -0.4 is 10.2 Å². The van der Waals surface area contributed by atoms with Crippen LogP contribution in [-0.2, 0) is 12.8 Å². The maximum absolute atomic E-state index is 13.3. The van der Waals surface area contributed by atoms with Crippen molar-refractivity contribution in [3.8, 4) is 0 Å². The number of benzene rings is 1. The standard InChI is InChI=1S/C21H25N3O2S/c1-14-5-3-6-15(13-14)19(25)22-20-18(16-7-4-8-17(16)27-20)21(26)24-11-9-23(2)10-12-24/h3,5-6,13H,4,7-12H2,1-2H3,(H,22,25)/p+1. The summed E-state index contributed by atoms with van der Waals surface area (Å²) in [5.41, 5.74) is 3.58. The first-order chi connectivity index (χ1) is 13.0. The fourth-order valence-corrected chi connectivity index (χ4v) is 5.21. The van der Waals surface area contributed by atoms with Crippen LogP contribution in [-0.4, -0.2) is 49.9 Å². The molecule has 0 saturated carbocycles. The molecule has 2 aliphatic rings. The molecule has 1 aromatic heterocycles. The predicted octanol–water partition coefficient (Wildman–Crippen LogP) is 1.77. The van der Waals surface area contributed by atoms with E-state index in [4.69, 9.17) is 0 Å². The van der Waals surface area contributed by atoms with E-state index in [0.29, 0.717) is 5.56 Å². The lowest BCUT2D eigenvalue weighted by Crippen LogP contribution is -3.12. The van der Waals surface area contributed by atoms with Gasteiger partial charge in [-0.05, 0) is 43.9 Å². The zero-order chi connectivity index (χ0) is 19.0. The van der Waals surface area contributed by atoms with Gasteiger partial charge in [0.25, 0.3) is 11.8 Å². The molecular formula is C21H26N3O2S+. The number of hydrogen-bond acceptors (Lipinski definition) is 3. The molecule has 0 bridgehead atoms. The van der Waals surface area contributed by atoms with E-state index in [0.717, 1.165) is 67.1 Å². The SMILES string of the molecule is Cc1cccc(C(=O)Nc2sc3c(c2C(=O)N2CC[NH+](C)CC2)CCC3)c1. The Labute approximate surface area is 164 Å². The predicted molar refractivity (Wildman–Crippen MR) is 108 cm³/mol. The van der Waals surface area contributed by atoms with E-state index in [1.165, 1.54) is 9.78 Å². The van der Waals surface area contributed by atoms with Gasteiger partial charge in [0.05, 0.1) is 38.8 Å². The van der Waals surface area contributed by atoms with E-state index in [2.05, 4.69) is 12.4 Å². The average molecular weight is 385 g/mol. The second kappa shape index (κ2) is 7.44. The lowest BCUT2D eigenvalue weighted by Gasteiger charge is -2.30. The van der Waals surface area contributed by atoms with Crippen molar-refractivity contribution in [1.82, 2.24) is 4.90 Å². The molecule has 1 aliphatic heterocycles. The van der Waals surface area contributed by atoms with Crippen LogP contribution in [0.5, 0.6) is 0 Å². The molecule has 27 heavy (non-hydrogen) atoms. The monoisotopic (exact) mass is 384 g/mol. The van der Waals surface area contributed by atoms with Crippen LogP contribution in [0.15, 0.2) is 24.3 Å². The summed E-state index contributed by atoms with van der Waals surface area (Å²) < 4.78 is 0. The van der Waals surface area contributed by atoms with Crippen LogP contribution in [0.1, 0.15) is 43.1 Å². The minimum Gasteiger partial charge on any atom is -0.334 e. The van der Waals surface area contributed by atoms with Gasteiger partial charge in [0.1, 0.15) is 5.00 Å². The van der Waals surface area contributed by atoms with Gasteiger partial charge in [0, 0.05) is 10.4 Å². The van der Waals surface area contributed by atoms with Crippen molar-refractivity contribution in [2.24, 2.45) is 0 Å². The Kier molecular flexibility index (Phi) is 5.02. The summed E-state index contributed by atoms with van der Waals surface area (Å²) in [6, 6.07) is 7.55. The van der Waals surface area contributed by atoms with Crippen LogP contribution in [0.3, 0.4) is 0 Å². The van der Waals surface area contributed by atoms with Gasteiger partial charge < -0.3 is 15.1 Å². The summed E-state index contributed by atoms with van der Waals surface area (Å²) in [6.45, 7) is 5.48.